The molecule has 0 radical (unpaired) electrons. The Bertz CT molecular complexity index is 830. The Labute approximate surface area is 141 Å². The molecule has 0 aromatic heterocycles. The Hall–Kier alpha value is -2.38. The van der Waals surface area contributed by atoms with Crippen molar-refractivity contribution >= 4 is 15.9 Å². The molecule has 0 saturated carbocycles. The summed E-state index contributed by atoms with van der Waals surface area (Å²) in [6, 6.07) is 11.3. The molecule has 6 nitrogen and oxygen atoms in total. The van der Waals surface area contributed by atoms with Crippen LogP contribution in [0, 0.1) is 6.92 Å². The fourth-order valence-corrected chi connectivity index (χ4v) is 2.70. The normalized spacial score (nSPS) is 11.1. The number of sulfonamides is 1. The number of ether oxygens (including phenoxy) is 1. The van der Waals surface area contributed by atoms with Crippen LogP contribution in [0.2, 0.25) is 0 Å². The van der Waals surface area contributed by atoms with E-state index in [0.29, 0.717) is 12.2 Å². The zero-order valence-corrected chi connectivity index (χ0v) is 14.4. The van der Waals surface area contributed by atoms with Gasteiger partial charge in [0, 0.05) is 12.1 Å². The van der Waals surface area contributed by atoms with E-state index in [1.807, 2.05) is 13.8 Å². The third kappa shape index (κ3) is 4.56. The average molecular weight is 348 g/mol. The highest BCUT2D eigenvalue weighted by Crippen LogP contribution is 2.19. The van der Waals surface area contributed by atoms with Gasteiger partial charge in [-0.15, -0.1) is 0 Å². The molecule has 0 aliphatic heterocycles. The van der Waals surface area contributed by atoms with E-state index in [1.54, 1.807) is 30.3 Å². The summed E-state index contributed by atoms with van der Waals surface area (Å²) in [5.41, 5.74) is 2.21. The summed E-state index contributed by atoms with van der Waals surface area (Å²) in [7, 11) is -3.71. The highest BCUT2D eigenvalue weighted by molar-refractivity contribution is 7.89. The summed E-state index contributed by atoms with van der Waals surface area (Å²) < 4.78 is 27.8. The van der Waals surface area contributed by atoms with Gasteiger partial charge in [0.15, 0.2) is 0 Å². The van der Waals surface area contributed by atoms with Gasteiger partial charge >= 0.3 is 0 Å². The quantitative estimate of drug-likeness (QED) is 0.834. The van der Waals surface area contributed by atoms with E-state index in [4.69, 9.17) is 9.88 Å². The molecular formula is C17H20N2O4S. The van der Waals surface area contributed by atoms with Crippen molar-refractivity contribution in [3.05, 3.63) is 59.2 Å². The van der Waals surface area contributed by atoms with E-state index in [1.165, 1.54) is 12.1 Å². The van der Waals surface area contributed by atoms with Gasteiger partial charge in [0.2, 0.25) is 10.0 Å². The van der Waals surface area contributed by atoms with Crippen molar-refractivity contribution in [2.24, 2.45) is 5.14 Å². The molecule has 0 fully saturated rings. The van der Waals surface area contributed by atoms with Crippen molar-refractivity contribution < 1.29 is 17.9 Å². The summed E-state index contributed by atoms with van der Waals surface area (Å²) in [6.45, 7) is 4.64. The molecule has 3 N–H and O–H groups in total. The fraction of sp³-hybridized carbons (Fsp3) is 0.235. The Morgan fingerprint density at radius 1 is 1.17 bits per heavy atom. The number of carbonyl (C=O) groups excluding carboxylic acids is 1. The molecule has 24 heavy (non-hydrogen) atoms. The van der Waals surface area contributed by atoms with E-state index in [9.17, 15) is 13.2 Å². The van der Waals surface area contributed by atoms with Crippen LogP contribution < -0.4 is 15.2 Å². The molecule has 0 atom stereocenters. The lowest BCUT2D eigenvalue weighted by molar-refractivity contribution is 0.0950. The Kier molecular flexibility index (Phi) is 5.58. The minimum atomic E-state index is -3.71. The van der Waals surface area contributed by atoms with Crippen LogP contribution in [-0.2, 0) is 16.6 Å². The Morgan fingerprint density at radius 3 is 2.38 bits per heavy atom. The number of rotatable bonds is 6. The summed E-state index contributed by atoms with van der Waals surface area (Å²) >= 11 is 0. The second-order valence-corrected chi connectivity index (χ2v) is 6.85. The van der Waals surface area contributed by atoms with E-state index in [2.05, 4.69) is 5.32 Å². The van der Waals surface area contributed by atoms with Crippen molar-refractivity contribution in [1.82, 2.24) is 5.32 Å². The summed E-state index contributed by atoms with van der Waals surface area (Å²) in [6.07, 6.45) is 0. The molecule has 0 bridgehead atoms. The summed E-state index contributed by atoms with van der Waals surface area (Å²) in [4.78, 5) is 12.2. The van der Waals surface area contributed by atoms with E-state index >= 15 is 0 Å². The zero-order chi connectivity index (χ0) is 17.7. The second-order valence-electron chi connectivity index (χ2n) is 5.28. The lowest BCUT2D eigenvalue weighted by Gasteiger charge is -2.10. The molecule has 0 unspecified atom stereocenters. The third-order valence-corrected chi connectivity index (χ3v) is 4.37. The smallest absolute Gasteiger partial charge is 0.251 e. The van der Waals surface area contributed by atoms with Crippen LogP contribution in [0.3, 0.4) is 0 Å². The lowest BCUT2D eigenvalue weighted by atomic mass is 10.1. The van der Waals surface area contributed by atoms with Crippen LogP contribution in [0.15, 0.2) is 47.4 Å². The highest BCUT2D eigenvalue weighted by atomic mass is 32.2. The Balaban J connectivity index is 2.01. The number of carbonyl (C=O) groups is 1. The van der Waals surface area contributed by atoms with Crippen LogP contribution >= 0.6 is 0 Å². The molecule has 0 aliphatic carbocycles. The predicted octanol–water partition coefficient (Wildman–Crippen LogP) is 1.97. The highest BCUT2D eigenvalue weighted by Gasteiger charge is 2.09. The van der Waals surface area contributed by atoms with Crippen molar-refractivity contribution in [2.45, 2.75) is 25.3 Å². The van der Waals surface area contributed by atoms with Crippen LogP contribution in [0.5, 0.6) is 5.75 Å². The first-order valence-electron chi connectivity index (χ1n) is 7.44. The van der Waals surface area contributed by atoms with Crippen molar-refractivity contribution in [3.63, 3.8) is 0 Å². The number of primary sulfonamides is 1. The number of nitrogens with two attached hydrogens (primary N) is 1. The Morgan fingerprint density at radius 2 is 1.83 bits per heavy atom. The average Bonchev–Trinajstić information content (AvgIpc) is 2.54. The van der Waals surface area contributed by atoms with Gasteiger partial charge in [0.05, 0.1) is 11.5 Å². The van der Waals surface area contributed by atoms with Crippen molar-refractivity contribution in [1.29, 1.82) is 0 Å². The SMILES string of the molecule is CCOc1ccc(C(=O)NCc2ccc(S(N)(=O)=O)cc2)cc1C. The van der Waals surface area contributed by atoms with Gasteiger partial charge in [-0.2, -0.15) is 0 Å². The number of hydrogen-bond donors (Lipinski definition) is 2. The van der Waals surface area contributed by atoms with Gasteiger partial charge in [0.25, 0.3) is 5.91 Å². The zero-order valence-electron chi connectivity index (χ0n) is 13.6. The van der Waals surface area contributed by atoms with Gasteiger partial charge in [-0.1, -0.05) is 12.1 Å². The van der Waals surface area contributed by atoms with Crippen LogP contribution in [0.1, 0.15) is 28.4 Å². The molecular weight excluding hydrogens is 328 g/mol. The second kappa shape index (κ2) is 7.46. The largest absolute Gasteiger partial charge is 0.494 e. The standard InChI is InChI=1S/C17H20N2O4S/c1-3-23-16-9-6-14(10-12(16)2)17(20)19-11-13-4-7-15(8-5-13)24(18,21)22/h4-10H,3,11H2,1-2H3,(H,19,20)(H2,18,21,22). The fourth-order valence-electron chi connectivity index (χ4n) is 2.19. The first-order chi connectivity index (χ1) is 11.3. The van der Waals surface area contributed by atoms with Gasteiger partial charge in [-0.25, -0.2) is 13.6 Å². The number of benzene rings is 2. The van der Waals surface area contributed by atoms with E-state index in [-0.39, 0.29) is 17.3 Å². The van der Waals surface area contributed by atoms with Gasteiger partial charge < -0.3 is 10.1 Å². The van der Waals surface area contributed by atoms with Crippen LogP contribution in [0.4, 0.5) is 0 Å². The van der Waals surface area contributed by atoms with E-state index in [0.717, 1.165) is 16.9 Å². The minimum absolute atomic E-state index is 0.0414. The van der Waals surface area contributed by atoms with Crippen molar-refractivity contribution in [3.8, 4) is 5.75 Å². The topological polar surface area (TPSA) is 98.5 Å². The molecule has 1 amide bonds. The first-order valence-corrected chi connectivity index (χ1v) is 8.99. The first kappa shape index (κ1) is 18.0. The summed E-state index contributed by atoms with van der Waals surface area (Å²) in [5.74, 6) is 0.546. The van der Waals surface area contributed by atoms with E-state index < -0.39 is 10.0 Å². The van der Waals surface area contributed by atoms with Crippen molar-refractivity contribution in [2.75, 3.05) is 6.61 Å². The molecule has 2 aromatic carbocycles. The molecule has 0 saturated heterocycles. The number of nitrogens with one attached hydrogen (secondary N) is 1. The minimum Gasteiger partial charge on any atom is -0.494 e. The molecule has 7 heteroatoms. The maximum Gasteiger partial charge on any atom is 0.251 e. The number of aryl methyl sites for hydroxylation is 1. The molecule has 2 rings (SSSR count). The molecule has 128 valence electrons. The lowest BCUT2D eigenvalue weighted by Crippen LogP contribution is -2.23. The summed E-state index contributed by atoms with van der Waals surface area (Å²) in [5, 5.41) is 7.84. The maximum atomic E-state index is 12.2. The molecule has 0 aliphatic rings. The molecule has 0 spiro atoms. The maximum absolute atomic E-state index is 12.2. The number of hydrogen-bond acceptors (Lipinski definition) is 4. The predicted molar refractivity (Wildman–Crippen MR) is 91.3 cm³/mol. The van der Waals surface area contributed by atoms with Gasteiger partial charge in [-0.05, 0) is 55.3 Å². The third-order valence-electron chi connectivity index (χ3n) is 3.44. The molecule has 0 heterocycles. The van der Waals surface area contributed by atoms with Crippen LogP contribution in [0.25, 0.3) is 0 Å². The van der Waals surface area contributed by atoms with Gasteiger partial charge in [0.1, 0.15) is 5.75 Å². The van der Waals surface area contributed by atoms with Gasteiger partial charge in [-0.3, -0.25) is 4.79 Å². The van der Waals surface area contributed by atoms with Crippen LogP contribution in [-0.4, -0.2) is 20.9 Å². The number of amides is 1. The molecule has 2 aromatic rings. The monoisotopic (exact) mass is 348 g/mol.